The molecule has 0 aliphatic heterocycles. The summed E-state index contributed by atoms with van der Waals surface area (Å²) in [7, 11) is 0. The zero-order chi connectivity index (χ0) is 10.6. The maximum atomic E-state index is 11.5. The predicted octanol–water partition coefficient (Wildman–Crippen LogP) is 2.00. The fourth-order valence-electron chi connectivity index (χ4n) is 1.23. The Bertz CT molecular complexity index is 306. The van der Waals surface area contributed by atoms with Crippen molar-refractivity contribution in [1.29, 1.82) is 0 Å². The molecule has 0 fully saturated rings. The molecular weight excluding hydrogens is 198 g/mol. The Morgan fingerprint density at radius 2 is 2.00 bits per heavy atom. The van der Waals surface area contributed by atoms with Crippen LogP contribution in [0.2, 0.25) is 0 Å². The molecule has 0 radical (unpaired) electrons. The summed E-state index contributed by atoms with van der Waals surface area (Å²) in [6.45, 7) is 2.30. The molecule has 1 unspecified atom stereocenters. The zero-order valence-electron chi connectivity index (χ0n) is 8.16. The number of nitrogens with two attached hydrogens (primary N) is 1. The monoisotopic (exact) mass is 211 g/mol. The third-order valence-corrected chi connectivity index (χ3v) is 2.23. The van der Waals surface area contributed by atoms with Gasteiger partial charge < -0.3 is 5.73 Å². The maximum absolute atomic E-state index is 11.5. The summed E-state index contributed by atoms with van der Waals surface area (Å²) in [4.78, 5) is 11.5. The molecule has 0 aliphatic rings. The van der Waals surface area contributed by atoms with E-state index < -0.39 is 5.38 Å². The summed E-state index contributed by atoms with van der Waals surface area (Å²) >= 11 is 5.69. The minimum atomic E-state index is -0.463. The Kier molecular flexibility index (Phi) is 4.11. The molecule has 3 heteroatoms. The third kappa shape index (κ3) is 2.82. The van der Waals surface area contributed by atoms with E-state index >= 15 is 0 Å². The Hall–Kier alpha value is -0.860. The lowest BCUT2D eigenvalue weighted by molar-refractivity contribution is 0.0992. The molecule has 0 bridgehead atoms. The summed E-state index contributed by atoms with van der Waals surface area (Å²) in [5.41, 5.74) is 7.22. The number of benzene rings is 1. The average Bonchev–Trinajstić information content (AvgIpc) is 2.18. The van der Waals surface area contributed by atoms with E-state index in [9.17, 15) is 4.79 Å². The Balaban J connectivity index is 2.78. The minimum absolute atomic E-state index is 0.0361. The predicted molar refractivity (Wildman–Crippen MR) is 58.8 cm³/mol. The van der Waals surface area contributed by atoms with Gasteiger partial charge in [0.2, 0.25) is 0 Å². The number of hydrogen-bond donors (Lipinski definition) is 1. The van der Waals surface area contributed by atoms with Crippen molar-refractivity contribution >= 4 is 17.4 Å². The zero-order valence-corrected chi connectivity index (χ0v) is 8.92. The molecule has 0 spiro atoms. The maximum Gasteiger partial charge on any atom is 0.180 e. The molecule has 0 saturated heterocycles. The van der Waals surface area contributed by atoms with Crippen LogP contribution in [0.1, 0.15) is 22.8 Å². The first kappa shape index (κ1) is 11.2. The van der Waals surface area contributed by atoms with E-state index in [0.29, 0.717) is 12.1 Å². The molecule has 1 rings (SSSR count). The SMILES string of the molecule is CC(Cl)C(=O)c1ccc(CCN)cc1. The highest BCUT2D eigenvalue weighted by Gasteiger charge is 2.11. The van der Waals surface area contributed by atoms with Crippen LogP contribution in [-0.4, -0.2) is 17.7 Å². The number of rotatable bonds is 4. The molecule has 1 aromatic rings. The van der Waals surface area contributed by atoms with E-state index in [-0.39, 0.29) is 5.78 Å². The van der Waals surface area contributed by atoms with Crippen LogP contribution in [0.5, 0.6) is 0 Å². The molecule has 1 aromatic carbocycles. The van der Waals surface area contributed by atoms with E-state index in [1.807, 2.05) is 12.1 Å². The van der Waals surface area contributed by atoms with Crippen molar-refractivity contribution in [2.45, 2.75) is 18.7 Å². The standard InChI is InChI=1S/C11H14ClNO/c1-8(12)11(14)10-4-2-9(3-5-10)6-7-13/h2-5,8H,6-7,13H2,1H3. The first-order chi connectivity index (χ1) is 6.65. The van der Waals surface area contributed by atoms with Gasteiger partial charge in [-0.3, -0.25) is 4.79 Å². The van der Waals surface area contributed by atoms with Crippen LogP contribution in [0, 0.1) is 0 Å². The molecule has 0 saturated carbocycles. The second-order valence-corrected chi connectivity index (χ2v) is 3.87. The lowest BCUT2D eigenvalue weighted by atomic mass is 10.1. The summed E-state index contributed by atoms with van der Waals surface area (Å²) < 4.78 is 0. The van der Waals surface area contributed by atoms with Gasteiger partial charge in [-0.25, -0.2) is 0 Å². The van der Waals surface area contributed by atoms with E-state index in [0.717, 1.165) is 12.0 Å². The van der Waals surface area contributed by atoms with Crippen LogP contribution in [0.25, 0.3) is 0 Å². The summed E-state index contributed by atoms with van der Waals surface area (Å²) in [5, 5.41) is -0.463. The van der Waals surface area contributed by atoms with Crippen molar-refractivity contribution in [2.75, 3.05) is 6.54 Å². The van der Waals surface area contributed by atoms with Crippen LogP contribution in [0.3, 0.4) is 0 Å². The summed E-state index contributed by atoms with van der Waals surface area (Å²) in [5.74, 6) is -0.0361. The van der Waals surface area contributed by atoms with Crippen molar-refractivity contribution < 1.29 is 4.79 Å². The van der Waals surface area contributed by atoms with E-state index in [2.05, 4.69) is 0 Å². The highest BCUT2D eigenvalue weighted by atomic mass is 35.5. The molecule has 0 aliphatic carbocycles. The van der Waals surface area contributed by atoms with Gasteiger partial charge in [0.1, 0.15) is 0 Å². The number of hydrogen-bond acceptors (Lipinski definition) is 2. The summed E-state index contributed by atoms with van der Waals surface area (Å²) in [6, 6.07) is 7.43. The highest BCUT2D eigenvalue weighted by molar-refractivity contribution is 6.33. The van der Waals surface area contributed by atoms with Crippen LogP contribution < -0.4 is 5.73 Å². The molecule has 0 heterocycles. The molecule has 2 N–H and O–H groups in total. The second-order valence-electron chi connectivity index (χ2n) is 3.22. The van der Waals surface area contributed by atoms with Crippen LogP contribution >= 0.6 is 11.6 Å². The molecule has 1 atom stereocenters. The highest BCUT2D eigenvalue weighted by Crippen LogP contribution is 2.10. The van der Waals surface area contributed by atoms with Gasteiger partial charge in [-0.15, -0.1) is 11.6 Å². The smallest absolute Gasteiger partial charge is 0.180 e. The third-order valence-electron chi connectivity index (χ3n) is 2.03. The van der Waals surface area contributed by atoms with Gasteiger partial charge in [0.25, 0.3) is 0 Å². The lowest BCUT2D eigenvalue weighted by Crippen LogP contribution is -2.10. The first-order valence-corrected chi connectivity index (χ1v) is 5.06. The largest absolute Gasteiger partial charge is 0.330 e. The number of alkyl halides is 1. The van der Waals surface area contributed by atoms with E-state index in [1.165, 1.54) is 0 Å². The first-order valence-electron chi connectivity index (χ1n) is 4.62. The number of Topliss-reactive ketones (excluding diaryl/α,β-unsaturated/α-hetero) is 1. The van der Waals surface area contributed by atoms with E-state index in [4.69, 9.17) is 17.3 Å². The Labute approximate surface area is 89.1 Å². The van der Waals surface area contributed by atoms with Crippen LogP contribution in [-0.2, 0) is 6.42 Å². The number of ketones is 1. The number of halogens is 1. The van der Waals surface area contributed by atoms with Crippen LogP contribution in [0.15, 0.2) is 24.3 Å². The average molecular weight is 212 g/mol. The van der Waals surface area contributed by atoms with Gasteiger partial charge in [0.05, 0.1) is 5.38 Å². The molecular formula is C11H14ClNO. The van der Waals surface area contributed by atoms with Gasteiger partial charge >= 0.3 is 0 Å². The second kappa shape index (κ2) is 5.13. The van der Waals surface area contributed by atoms with E-state index in [1.54, 1.807) is 19.1 Å². The Morgan fingerprint density at radius 3 is 2.43 bits per heavy atom. The molecule has 76 valence electrons. The minimum Gasteiger partial charge on any atom is -0.330 e. The number of carbonyl (C=O) groups is 1. The molecule has 2 nitrogen and oxygen atoms in total. The molecule has 0 amide bonds. The van der Waals surface area contributed by atoms with Gasteiger partial charge in [-0.2, -0.15) is 0 Å². The van der Waals surface area contributed by atoms with Gasteiger partial charge in [-0.05, 0) is 25.5 Å². The van der Waals surface area contributed by atoms with Crippen molar-refractivity contribution in [3.8, 4) is 0 Å². The van der Waals surface area contributed by atoms with Gasteiger partial charge in [-0.1, -0.05) is 24.3 Å². The Morgan fingerprint density at radius 1 is 1.43 bits per heavy atom. The van der Waals surface area contributed by atoms with Crippen molar-refractivity contribution in [1.82, 2.24) is 0 Å². The van der Waals surface area contributed by atoms with Gasteiger partial charge in [0.15, 0.2) is 5.78 Å². The van der Waals surface area contributed by atoms with Crippen molar-refractivity contribution in [3.63, 3.8) is 0 Å². The quantitative estimate of drug-likeness (QED) is 0.612. The molecule has 14 heavy (non-hydrogen) atoms. The topological polar surface area (TPSA) is 43.1 Å². The lowest BCUT2D eigenvalue weighted by Gasteiger charge is -2.03. The normalized spacial score (nSPS) is 12.5. The fraction of sp³-hybridized carbons (Fsp3) is 0.364. The van der Waals surface area contributed by atoms with Crippen LogP contribution in [0.4, 0.5) is 0 Å². The number of carbonyl (C=O) groups excluding carboxylic acids is 1. The molecule has 0 aromatic heterocycles. The van der Waals surface area contributed by atoms with Gasteiger partial charge in [0, 0.05) is 5.56 Å². The van der Waals surface area contributed by atoms with Crippen molar-refractivity contribution in [2.24, 2.45) is 5.73 Å². The summed E-state index contributed by atoms with van der Waals surface area (Å²) in [6.07, 6.45) is 0.838. The van der Waals surface area contributed by atoms with Crippen molar-refractivity contribution in [3.05, 3.63) is 35.4 Å². The fourth-order valence-corrected chi connectivity index (χ4v) is 1.36.